The van der Waals surface area contributed by atoms with E-state index in [2.05, 4.69) is 49.0 Å². The Morgan fingerprint density at radius 2 is 1.89 bits per heavy atom. The van der Waals surface area contributed by atoms with Gasteiger partial charge in [0.15, 0.2) is 0 Å². The first-order valence-electron chi connectivity index (χ1n) is 9.02. The van der Waals surface area contributed by atoms with Crippen molar-refractivity contribution in [3.63, 3.8) is 0 Å². The molecule has 5 nitrogen and oxygen atoms in total. The molecule has 0 fully saturated rings. The van der Waals surface area contributed by atoms with Crippen molar-refractivity contribution in [2.45, 2.75) is 19.5 Å². The summed E-state index contributed by atoms with van der Waals surface area (Å²) in [4.78, 5) is 21.4. The maximum atomic E-state index is 12.6. The molecular weight excluding hydrogens is 416 g/mol. The Labute approximate surface area is 171 Å². The number of fused-ring (bicyclic) bond motifs is 1. The summed E-state index contributed by atoms with van der Waals surface area (Å²) in [5.74, 6) is 0.657. The second-order valence-corrected chi connectivity index (χ2v) is 7.52. The first-order valence-corrected chi connectivity index (χ1v) is 9.81. The number of amides is 1. The second kappa shape index (κ2) is 7.94. The molecule has 6 heteroatoms. The lowest BCUT2D eigenvalue weighted by Crippen LogP contribution is -2.29. The van der Waals surface area contributed by atoms with Gasteiger partial charge in [0.05, 0.1) is 22.6 Å². The van der Waals surface area contributed by atoms with Gasteiger partial charge in [0, 0.05) is 23.4 Å². The van der Waals surface area contributed by atoms with Crippen LogP contribution < -0.4 is 5.32 Å². The number of rotatable bonds is 5. The number of benzene rings is 2. The molecule has 1 amide bonds. The molecule has 0 radical (unpaired) electrons. The molecule has 28 heavy (non-hydrogen) atoms. The highest BCUT2D eigenvalue weighted by Gasteiger charge is 2.19. The summed E-state index contributed by atoms with van der Waals surface area (Å²) in [7, 11) is 0. The number of hydrogen-bond donors (Lipinski definition) is 1. The van der Waals surface area contributed by atoms with Crippen molar-refractivity contribution in [1.82, 2.24) is 19.9 Å². The van der Waals surface area contributed by atoms with Crippen LogP contribution in [0.4, 0.5) is 0 Å². The van der Waals surface area contributed by atoms with Crippen LogP contribution in [0.5, 0.6) is 0 Å². The predicted octanol–water partition coefficient (Wildman–Crippen LogP) is 4.73. The predicted molar refractivity (Wildman–Crippen MR) is 113 cm³/mol. The number of nitrogens with one attached hydrogen (secondary N) is 1. The van der Waals surface area contributed by atoms with Crippen LogP contribution in [0.3, 0.4) is 0 Å². The third-order valence-corrected chi connectivity index (χ3v) is 5.13. The van der Waals surface area contributed by atoms with Crippen LogP contribution in [0.25, 0.3) is 11.0 Å². The average Bonchev–Trinajstić information content (AvgIpc) is 3.09. The van der Waals surface area contributed by atoms with Gasteiger partial charge in [-0.25, -0.2) is 4.98 Å². The second-order valence-electron chi connectivity index (χ2n) is 6.61. The van der Waals surface area contributed by atoms with Crippen molar-refractivity contribution in [2.75, 3.05) is 0 Å². The van der Waals surface area contributed by atoms with Crippen molar-refractivity contribution in [2.24, 2.45) is 0 Å². The van der Waals surface area contributed by atoms with Crippen LogP contribution in [0, 0.1) is 0 Å². The number of para-hydroxylation sites is 2. The number of imidazole rings is 1. The number of carbonyl (C=O) groups is 1. The number of carbonyl (C=O) groups excluding carboxylic acids is 1. The first-order chi connectivity index (χ1) is 13.6. The van der Waals surface area contributed by atoms with Gasteiger partial charge in [-0.3, -0.25) is 9.78 Å². The lowest BCUT2D eigenvalue weighted by molar-refractivity contribution is 0.0937. The zero-order valence-corrected chi connectivity index (χ0v) is 16.9. The Bertz CT molecular complexity index is 1110. The van der Waals surface area contributed by atoms with Gasteiger partial charge in [0.25, 0.3) is 5.91 Å². The van der Waals surface area contributed by atoms with Crippen LogP contribution in [-0.4, -0.2) is 20.4 Å². The van der Waals surface area contributed by atoms with E-state index in [9.17, 15) is 4.79 Å². The molecule has 4 aromatic rings. The van der Waals surface area contributed by atoms with E-state index in [4.69, 9.17) is 4.98 Å². The van der Waals surface area contributed by atoms with E-state index in [0.29, 0.717) is 12.1 Å². The lowest BCUT2D eigenvalue weighted by atomic mass is 10.2. The zero-order chi connectivity index (χ0) is 19.5. The molecule has 0 saturated carbocycles. The van der Waals surface area contributed by atoms with E-state index < -0.39 is 0 Å². The maximum absolute atomic E-state index is 12.6. The molecule has 0 bridgehead atoms. The van der Waals surface area contributed by atoms with Crippen molar-refractivity contribution >= 4 is 32.9 Å². The Hall–Kier alpha value is -2.99. The number of halogens is 1. The van der Waals surface area contributed by atoms with Gasteiger partial charge in [-0.1, -0.05) is 40.2 Å². The summed E-state index contributed by atoms with van der Waals surface area (Å²) in [6.07, 6.45) is 3.21. The fourth-order valence-electron chi connectivity index (χ4n) is 3.20. The topological polar surface area (TPSA) is 59.8 Å². The van der Waals surface area contributed by atoms with Gasteiger partial charge in [-0.2, -0.15) is 0 Å². The molecular formula is C22H19BrN4O. The molecule has 0 aliphatic heterocycles. The fourth-order valence-corrected chi connectivity index (χ4v) is 3.47. The normalized spacial score (nSPS) is 12.1. The van der Waals surface area contributed by atoms with E-state index in [-0.39, 0.29) is 11.9 Å². The van der Waals surface area contributed by atoms with Gasteiger partial charge >= 0.3 is 0 Å². The molecule has 0 aliphatic rings. The molecule has 0 spiro atoms. The van der Waals surface area contributed by atoms with Crippen LogP contribution in [0.2, 0.25) is 0 Å². The third kappa shape index (κ3) is 3.82. The zero-order valence-electron chi connectivity index (χ0n) is 15.3. The summed E-state index contributed by atoms with van der Waals surface area (Å²) in [5.41, 5.74) is 3.66. The van der Waals surface area contributed by atoms with Gasteiger partial charge in [0.2, 0.25) is 0 Å². The van der Waals surface area contributed by atoms with Gasteiger partial charge < -0.3 is 9.88 Å². The van der Waals surface area contributed by atoms with Crippen molar-refractivity contribution in [3.05, 3.63) is 94.5 Å². The monoisotopic (exact) mass is 434 g/mol. The van der Waals surface area contributed by atoms with Crippen LogP contribution in [-0.2, 0) is 6.54 Å². The molecule has 2 heterocycles. The Morgan fingerprint density at radius 1 is 1.11 bits per heavy atom. The van der Waals surface area contributed by atoms with Crippen molar-refractivity contribution < 1.29 is 4.79 Å². The summed E-state index contributed by atoms with van der Waals surface area (Å²) in [5, 5.41) is 3.04. The minimum Gasteiger partial charge on any atom is -0.342 e. The minimum absolute atomic E-state index is 0.164. The van der Waals surface area contributed by atoms with E-state index in [1.54, 1.807) is 24.5 Å². The lowest BCUT2D eigenvalue weighted by Gasteiger charge is -2.16. The van der Waals surface area contributed by atoms with Crippen LogP contribution in [0.1, 0.15) is 34.7 Å². The Balaban J connectivity index is 1.67. The molecule has 2 aromatic carbocycles. The summed E-state index contributed by atoms with van der Waals surface area (Å²) in [6, 6.07) is 19.5. The third-order valence-electron chi connectivity index (χ3n) is 4.60. The Morgan fingerprint density at radius 3 is 2.64 bits per heavy atom. The Kier molecular flexibility index (Phi) is 5.21. The minimum atomic E-state index is -0.254. The van der Waals surface area contributed by atoms with E-state index >= 15 is 0 Å². The number of aromatic nitrogens is 3. The molecule has 140 valence electrons. The van der Waals surface area contributed by atoms with E-state index in [1.165, 1.54) is 5.56 Å². The maximum Gasteiger partial charge on any atom is 0.253 e. The van der Waals surface area contributed by atoms with Crippen LogP contribution >= 0.6 is 15.9 Å². The van der Waals surface area contributed by atoms with E-state index in [1.807, 2.05) is 37.3 Å². The number of pyridine rings is 1. The molecule has 0 saturated heterocycles. The molecule has 4 rings (SSSR count). The SMILES string of the molecule is CC(NC(=O)c1cccnc1)c1nc2ccccc2n1Cc1ccc(Br)cc1. The van der Waals surface area contributed by atoms with Gasteiger partial charge in [-0.15, -0.1) is 0 Å². The molecule has 0 aliphatic carbocycles. The van der Waals surface area contributed by atoms with E-state index in [0.717, 1.165) is 21.3 Å². The summed E-state index contributed by atoms with van der Waals surface area (Å²) < 4.78 is 3.20. The van der Waals surface area contributed by atoms with Gasteiger partial charge in [0.1, 0.15) is 5.82 Å². The summed E-state index contributed by atoms with van der Waals surface area (Å²) in [6.45, 7) is 2.63. The highest BCUT2D eigenvalue weighted by atomic mass is 79.9. The molecule has 1 unspecified atom stereocenters. The smallest absolute Gasteiger partial charge is 0.253 e. The molecule has 2 aromatic heterocycles. The quantitative estimate of drug-likeness (QED) is 0.493. The van der Waals surface area contributed by atoms with Gasteiger partial charge in [-0.05, 0) is 48.9 Å². The highest BCUT2D eigenvalue weighted by Crippen LogP contribution is 2.23. The van der Waals surface area contributed by atoms with Crippen molar-refractivity contribution in [1.29, 1.82) is 0 Å². The van der Waals surface area contributed by atoms with Crippen molar-refractivity contribution in [3.8, 4) is 0 Å². The highest BCUT2D eigenvalue weighted by molar-refractivity contribution is 9.10. The fraction of sp³-hybridized carbons (Fsp3) is 0.136. The summed E-state index contributed by atoms with van der Waals surface area (Å²) >= 11 is 3.48. The largest absolute Gasteiger partial charge is 0.342 e. The molecule has 1 atom stereocenters. The standard InChI is InChI=1S/C22H19BrN4O/c1-15(25-22(28)17-5-4-12-24-13-17)21-26-19-6-2-3-7-20(19)27(21)14-16-8-10-18(23)11-9-16/h2-13,15H,14H2,1H3,(H,25,28). The van der Waals surface area contributed by atoms with Crippen LogP contribution in [0.15, 0.2) is 77.5 Å². The number of hydrogen-bond acceptors (Lipinski definition) is 3. The number of nitrogens with zero attached hydrogens (tertiary/aromatic N) is 3. The first kappa shape index (κ1) is 18.4. The molecule has 1 N–H and O–H groups in total. The average molecular weight is 435 g/mol.